The largest absolute Gasteiger partial charge is 0.461 e. The number of benzene rings is 2. The zero-order valence-electron chi connectivity index (χ0n) is 14.7. The summed E-state index contributed by atoms with van der Waals surface area (Å²) in [6.07, 6.45) is 0. The number of nitrogens with one attached hydrogen (secondary N) is 1. The molecule has 1 N–H and O–H groups in total. The van der Waals surface area contributed by atoms with Crippen LogP contribution in [0.4, 0.5) is 0 Å². The number of para-hydroxylation sites is 1. The third kappa shape index (κ3) is 2.34. The molecule has 0 bridgehead atoms. The first kappa shape index (κ1) is 15.1. The molecule has 0 fully saturated rings. The van der Waals surface area contributed by atoms with Gasteiger partial charge in [0.1, 0.15) is 11.3 Å². The summed E-state index contributed by atoms with van der Waals surface area (Å²) >= 11 is 0. The van der Waals surface area contributed by atoms with Crippen molar-refractivity contribution < 1.29 is 4.42 Å². The van der Waals surface area contributed by atoms with Gasteiger partial charge in [0.2, 0.25) is 0 Å². The highest BCUT2D eigenvalue weighted by Gasteiger charge is 2.25. The standard InChI is InChI=1S/C22H23NO/c1-14(2)20-12-16-11-17(9-10-19(16)24-20)22(3,4)21-13-15-7-5-6-8-18(15)23-21/h5-14,23H,1-4H3. The van der Waals surface area contributed by atoms with E-state index in [1.165, 1.54) is 27.5 Å². The molecule has 0 saturated heterocycles. The molecule has 0 aliphatic rings. The fraction of sp³-hybridized carbons (Fsp3) is 0.273. The molecule has 0 spiro atoms. The second kappa shape index (κ2) is 5.27. The average Bonchev–Trinajstić information content (AvgIpc) is 3.18. The maximum absolute atomic E-state index is 5.94. The van der Waals surface area contributed by atoms with Gasteiger partial charge in [-0.25, -0.2) is 0 Å². The summed E-state index contributed by atoms with van der Waals surface area (Å²) < 4.78 is 5.94. The van der Waals surface area contributed by atoms with Crippen LogP contribution in [0.2, 0.25) is 0 Å². The predicted octanol–water partition coefficient (Wildman–Crippen LogP) is 6.36. The molecule has 2 aromatic carbocycles. The van der Waals surface area contributed by atoms with Crippen molar-refractivity contribution in [2.24, 2.45) is 0 Å². The Labute approximate surface area is 142 Å². The molecule has 0 aliphatic carbocycles. The lowest BCUT2D eigenvalue weighted by Crippen LogP contribution is -2.19. The van der Waals surface area contributed by atoms with Crippen LogP contribution >= 0.6 is 0 Å². The Balaban J connectivity index is 1.81. The normalized spacial score (nSPS) is 12.5. The summed E-state index contributed by atoms with van der Waals surface area (Å²) in [5.41, 5.74) is 4.58. The molecule has 24 heavy (non-hydrogen) atoms. The van der Waals surface area contributed by atoms with E-state index in [-0.39, 0.29) is 5.41 Å². The number of fused-ring (bicyclic) bond motifs is 2. The minimum atomic E-state index is -0.0948. The van der Waals surface area contributed by atoms with Crippen molar-refractivity contribution in [2.45, 2.75) is 39.0 Å². The van der Waals surface area contributed by atoms with Gasteiger partial charge in [-0.15, -0.1) is 0 Å². The molecule has 0 saturated carbocycles. The maximum atomic E-state index is 5.94. The summed E-state index contributed by atoms with van der Waals surface area (Å²) in [7, 11) is 0. The van der Waals surface area contributed by atoms with Crippen LogP contribution in [0.1, 0.15) is 50.6 Å². The van der Waals surface area contributed by atoms with Crippen molar-refractivity contribution >= 4 is 21.9 Å². The first-order chi connectivity index (χ1) is 11.4. The molecule has 2 aromatic heterocycles. The smallest absolute Gasteiger partial charge is 0.134 e. The Bertz CT molecular complexity index is 984. The van der Waals surface area contributed by atoms with E-state index < -0.39 is 0 Å². The Kier molecular flexibility index (Phi) is 3.31. The van der Waals surface area contributed by atoms with Gasteiger partial charge in [0.15, 0.2) is 0 Å². The van der Waals surface area contributed by atoms with Crippen molar-refractivity contribution in [3.63, 3.8) is 0 Å². The number of furan rings is 1. The number of hydrogen-bond donors (Lipinski definition) is 1. The molecule has 4 aromatic rings. The van der Waals surface area contributed by atoms with E-state index in [1.54, 1.807) is 0 Å². The molecule has 2 heterocycles. The van der Waals surface area contributed by atoms with Crippen molar-refractivity contribution in [2.75, 3.05) is 0 Å². The van der Waals surface area contributed by atoms with Gasteiger partial charge in [0, 0.05) is 27.9 Å². The fourth-order valence-corrected chi connectivity index (χ4v) is 3.30. The fourth-order valence-electron chi connectivity index (χ4n) is 3.30. The minimum Gasteiger partial charge on any atom is -0.461 e. The van der Waals surface area contributed by atoms with Crippen molar-refractivity contribution in [1.82, 2.24) is 4.98 Å². The molecule has 0 unspecified atom stereocenters. The third-order valence-corrected chi connectivity index (χ3v) is 5.03. The van der Waals surface area contributed by atoms with Crippen LogP contribution in [0.3, 0.4) is 0 Å². The third-order valence-electron chi connectivity index (χ3n) is 5.03. The minimum absolute atomic E-state index is 0.0948. The zero-order chi connectivity index (χ0) is 16.9. The summed E-state index contributed by atoms with van der Waals surface area (Å²) in [5.74, 6) is 1.45. The van der Waals surface area contributed by atoms with E-state index in [0.717, 1.165) is 11.3 Å². The van der Waals surface area contributed by atoms with Gasteiger partial charge < -0.3 is 9.40 Å². The summed E-state index contributed by atoms with van der Waals surface area (Å²) in [4.78, 5) is 3.58. The van der Waals surface area contributed by atoms with Crippen LogP contribution in [0.15, 0.2) is 59.0 Å². The molecule has 4 rings (SSSR count). The Morgan fingerprint density at radius 1 is 0.917 bits per heavy atom. The van der Waals surface area contributed by atoms with Crippen molar-refractivity contribution in [3.8, 4) is 0 Å². The molecule has 0 aliphatic heterocycles. The second-order valence-electron chi connectivity index (χ2n) is 7.45. The van der Waals surface area contributed by atoms with Gasteiger partial charge in [0.05, 0.1) is 0 Å². The molecular weight excluding hydrogens is 294 g/mol. The molecule has 0 amide bonds. The van der Waals surface area contributed by atoms with Gasteiger partial charge in [-0.3, -0.25) is 0 Å². The maximum Gasteiger partial charge on any atom is 0.134 e. The Morgan fingerprint density at radius 3 is 2.46 bits per heavy atom. The van der Waals surface area contributed by atoms with E-state index in [2.05, 4.69) is 87.3 Å². The number of H-pyrrole nitrogens is 1. The van der Waals surface area contributed by atoms with Crippen LogP contribution < -0.4 is 0 Å². The lowest BCUT2D eigenvalue weighted by atomic mass is 9.81. The van der Waals surface area contributed by atoms with E-state index in [4.69, 9.17) is 4.42 Å². The SMILES string of the molecule is CC(C)c1cc2cc(C(C)(C)c3cc4ccccc4[nH]3)ccc2o1. The van der Waals surface area contributed by atoms with Gasteiger partial charge in [-0.1, -0.05) is 52.0 Å². The first-order valence-corrected chi connectivity index (χ1v) is 8.57. The molecule has 2 nitrogen and oxygen atoms in total. The van der Waals surface area contributed by atoms with Crippen LogP contribution in [0.25, 0.3) is 21.9 Å². The van der Waals surface area contributed by atoms with Gasteiger partial charge in [-0.05, 0) is 41.3 Å². The van der Waals surface area contributed by atoms with E-state index in [0.29, 0.717) is 5.92 Å². The molecule has 122 valence electrons. The van der Waals surface area contributed by atoms with Crippen molar-refractivity contribution in [3.05, 3.63) is 71.6 Å². The number of hydrogen-bond acceptors (Lipinski definition) is 1. The number of aromatic nitrogens is 1. The molecule has 0 radical (unpaired) electrons. The lowest BCUT2D eigenvalue weighted by Gasteiger charge is -2.24. The Hall–Kier alpha value is -2.48. The summed E-state index contributed by atoms with van der Waals surface area (Å²) in [5, 5.41) is 2.44. The van der Waals surface area contributed by atoms with Gasteiger partial charge >= 0.3 is 0 Å². The highest BCUT2D eigenvalue weighted by atomic mass is 16.3. The van der Waals surface area contributed by atoms with Crippen LogP contribution in [-0.4, -0.2) is 4.98 Å². The van der Waals surface area contributed by atoms with Gasteiger partial charge in [0.25, 0.3) is 0 Å². The first-order valence-electron chi connectivity index (χ1n) is 8.57. The Morgan fingerprint density at radius 2 is 1.71 bits per heavy atom. The van der Waals surface area contributed by atoms with Crippen molar-refractivity contribution in [1.29, 1.82) is 0 Å². The van der Waals surface area contributed by atoms with Crippen LogP contribution in [-0.2, 0) is 5.41 Å². The van der Waals surface area contributed by atoms with Gasteiger partial charge in [-0.2, -0.15) is 0 Å². The molecule has 0 atom stereocenters. The second-order valence-corrected chi connectivity index (χ2v) is 7.45. The average molecular weight is 317 g/mol. The van der Waals surface area contributed by atoms with E-state index >= 15 is 0 Å². The van der Waals surface area contributed by atoms with E-state index in [1.807, 2.05) is 0 Å². The number of aromatic amines is 1. The topological polar surface area (TPSA) is 28.9 Å². The van der Waals surface area contributed by atoms with Crippen LogP contribution in [0, 0.1) is 0 Å². The van der Waals surface area contributed by atoms with Crippen LogP contribution in [0.5, 0.6) is 0 Å². The predicted molar refractivity (Wildman–Crippen MR) is 101 cm³/mol. The highest BCUT2D eigenvalue weighted by molar-refractivity contribution is 5.82. The summed E-state index contributed by atoms with van der Waals surface area (Å²) in [6.45, 7) is 8.85. The molecular formula is C22H23NO. The lowest BCUT2D eigenvalue weighted by molar-refractivity contribution is 0.521. The van der Waals surface area contributed by atoms with E-state index in [9.17, 15) is 0 Å². The highest BCUT2D eigenvalue weighted by Crippen LogP contribution is 2.35. The summed E-state index contributed by atoms with van der Waals surface area (Å²) in [6, 6.07) is 19.4. The quantitative estimate of drug-likeness (QED) is 0.468. The molecule has 2 heteroatoms. The monoisotopic (exact) mass is 317 g/mol. The number of rotatable bonds is 3. The zero-order valence-corrected chi connectivity index (χ0v) is 14.7.